The van der Waals surface area contributed by atoms with E-state index in [4.69, 9.17) is 6.58 Å². The van der Waals surface area contributed by atoms with Crippen molar-refractivity contribution in [1.82, 2.24) is 0 Å². The first-order valence-corrected chi connectivity index (χ1v) is 24.7. The molecule has 64 heavy (non-hydrogen) atoms. The Labute approximate surface area is 388 Å². The van der Waals surface area contributed by atoms with E-state index in [-0.39, 0.29) is 17.0 Å². The van der Waals surface area contributed by atoms with Crippen LogP contribution in [0.1, 0.15) is 138 Å². The van der Waals surface area contributed by atoms with Gasteiger partial charge in [-0.05, 0) is 168 Å². The molecule has 0 bridgehead atoms. The topological polar surface area (TPSA) is 3.24 Å². The summed E-state index contributed by atoms with van der Waals surface area (Å²) in [5.41, 5.74) is 17.0. The van der Waals surface area contributed by atoms with Crippen molar-refractivity contribution in [3.63, 3.8) is 0 Å². The quantitative estimate of drug-likeness (QED) is 0.0665. The van der Waals surface area contributed by atoms with Gasteiger partial charge in [0.05, 0.1) is 0 Å². The third-order valence-corrected chi connectivity index (χ3v) is 15.7. The van der Waals surface area contributed by atoms with E-state index in [2.05, 4.69) is 212 Å². The van der Waals surface area contributed by atoms with Crippen LogP contribution in [0, 0.1) is 5.41 Å². The first-order chi connectivity index (χ1) is 31.0. The molecule has 0 radical (unpaired) electrons. The first kappa shape index (κ1) is 46.6. The summed E-state index contributed by atoms with van der Waals surface area (Å²) in [6, 6.07) is 48.6. The third-order valence-electron chi connectivity index (χ3n) is 15.7. The van der Waals surface area contributed by atoms with E-state index < -0.39 is 5.41 Å². The molecule has 2 aliphatic rings. The van der Waals surface area contributed by atoms with Crippen molar-refractivity contribution in [3.8, 4) is 0 Å². The van der Waals surface area contributed by atoms with Crippen LogP contribution in [0.5, 0.6) is 0 Å². The Kier molecular flexibility index (Phi) is 15.0. The molecular formula is C63H75N. The number of anilines is 1. The maximum atomic E-state index is 4.84. The van der Waals surface area contributed by atoms with Gasteiger partial charge in [0.1, 0.15) is 0 Å². The molecule has 7 rings (SSSR count). The van der Waals surface area contributed by atoms with E-state index in [0.29, 0.717) is 0 Å². The van der Waals surface area contributed by atoms with Crippen molar-refractivity contribution in [3.05, 3.63) is 221 Å². The fourth-order valence-electron chi connectivity index (χ4n) is 10.7. The number of benzene rings is 5. The first-order valence-electron chi connectivity index (χ1n) is 24.7. The standard InChI is InChI=1S/C63H75N/c1-10-24-59(64(62(9,14-5)15-6)57-32-23-29-48(44-57)27-22-28-49-33-34-51-35-36-54(51)43-49)63(45-50-25-18-16-19-26-50)46-55(52-37-40-56(41-38-52)61(8,12-3)13-4)39-42-58(63)60(47(7)11-2)53-30-20-17-21-31-53/h10,16-21,23,25-26,29-34,37-44,46,59H,1,7,11-15,22,24,27-28,35-36,45H2,2-6,8-9H3/b60-58+. The van der Waals surface area contributed by atoms with Gasteiger partial charge in [-0.3, -0.25) is 0 Å². The molecule has 0 N–H and O–H groups in total. The fourth-order valence-corrected chi connectivity index (χ4v) is 10.7. The Morgan fingerprint density at radius 2 is 1.33 bits per heavy atom. The fraction of sp³-hybridized carbons (Fsp3) is 0.365. The Bertz CT molecular complexity index is 2450. The SMILES string of the molecule is C=CCC(N(c1cccc(CCCc2ccc3c(c2)CC3)c1)C(C)(CC)CC)C1(Cc2ccccc2)C=C(c2ccc(C(C)(CC)CC)cc2)C=C/C1=C(/C(=C)CC)c1ccccc1. The van der Waals surface area contributed by atoms with E-state index in [9.17, 15) is 0 Å². The van der Waals surface area contributed by atoms with Gasteiger partial charge in [0.25, 0.3) is 0 Å². The van der Waals surface area contributed by atoms with Crippen LogP contribution in [0.2, 0.25) is 0 Å². The molecule has 0 spiro atoms. The summed E-state index contributed by atoms with van der Waals surface area (Å²) in [6.45, 7) is 26.0. The third kappa shape index (κ3) is 9.66. The second-order valence-corrected chi connectivity index (χ2v) is 19.3. The lowest BCUT2D eigenvalue weighted by molar-refractivity contribution is 0.268. The zero-order valence-corrected chi connectivity index (χ0v) is 40.4. The number of allylic oxidation sites excluding steroid dienone is 5. The van der Waals surface area contributed by atoms with Crippen molar-refractivity contribution < 1.29 is 0 Å². The Balaban J connectivity index is 1.46. The monoisotopic (exact) mass is 846 g/mol. The Hall–Kier alpha value is -5.40. The molecule has 0 saturated carbocycles. The van der Waals surface area contributed by atoms with E-state index >= 15 is 0 Å². The number of hydrogen-bond acceptors (Lipinski definition) is 1. The molecule has 2 unspecified atom stereocenters. The average molecular weight is 846 g/mol. The van der Waals surface area contributed by atoms with E-state index in [1.54, 1.807) is 11.1 Å². The zero-order chi connectivity index (χ0) is 45.3. The maximum Gasteiger partial charge on any atom is 0.0465 e. The van der Waals surface area contributed by atoms with Crippen molar-refractivity contribution in [2.24, 2.45) is 5.41 Å². The summed E-state index contributed by atoms with van der Waals surface area (Å²) in [5.74, 6) is 0. The normalized spacial score (nSPS) is 17.2. The second kappa shape index (κ2) is 20.6. The van der Waals surface area contributed by atoms with Gasteiger partial charge in [-0.15, -0.1) is 6.58 Å². The lowest BCUT2D eigenvalue weighted by atomic mass is 9.61. The maximum absolute atomic E-state index is 4.84. The van der Waals surface area contributed by atoms with Crippen LogP contribution < -0.4 is 4.90 Å². The molecule has 0 heterocycles. The summed E-state index contributed by atoms with van der Waals surface area (Å²) in [4.78, 5) is 2.86. The predicted octanol–water partition coefficient (Wildman–Crippen LogP) is 16.7. The largest absolute Gasteiger partial charge is 0.362 e. The highest BCUT2D eigenvalue weighted by Gasteiger charge is 2.49. The van der Waals surface area contributed by atoms with Crippen LogP contribution in [-0.4, -0.2) is 11.6 Å². The highest BCUT2D eigenvalue weighted by atomic mass is 15.2. The number of rotatable bonds is 21. The molecule has 0 saturated heterocycles. The van der Waals surface area contributed by atoms with Crippen LogP contribution in [0.3, 0.4) is 0 Å². The minimum Gasteiger partial charge on any atom is -0.362 e. The van der Waals surface area contributed by atoms with Crippen LogP contribution in [0.25, 0.3) is 11.1 Å². The Morgan fingerprint density at radius 3 is 1.92 bits per heavy atom. The van der Waals surface area contributed by atoms with E-state index in [0.717, 1.165) is 69.8 Å². The summed E-state index contributed by atoms with van der Waals surface area (Å²) in [6.07, 6.45) is 22.3. The molecule has 1 nitrogen and oxygen atoms in total. The smallest absolute Gasteiger partial charge is 0.0465 e. The second-order valence-electron chi connectivity index (χ2n) is 19.3. The van der Waals surface area contributed by atoms with Gasteiger partial charge < -0.3 is 4.90 Å². The molecule has 0 amide bonds. The van der Waals surface area contributed by atoms with Crippen LogP contribution >= 0.6 is 0 Å². The number of fused-ring (bicyclic) bond motifs is 1. The molecule has 2 atom stereocenters. The lowest BCUT2D eigenvalue weighted by Gasteiger charge is -2.55. The van der Waals surface area contributed by atoms with Gasteiger partial charge in [-0.1, -0.05) is 188 Å². The van der Waals surface area contributed by atoms with Crippen molar-refractivity contribution in [2.75, 3.05) is 4.90 Å². The summed E-state index contributed by atoms with van der Waals surface area (Å²) >= 11 is 0. The van der Waals surface area contributed by atoms with Crippen LogP contribution in [0.4, 0.5) is 5.69 Å². The van der Waals surface area contributed by atoms with Gasteiger partial charge in [0.15, 0.2) is 0 Å². The van der Waals surface area contributed by atoms with Crippen molar-refractivity contribution in [1.29, 1.82) is 0 Å². The number of nitrogens with zero attached hydrogens (tertiary/aromatic N) is 1. The zero-order valence-electron chi connectivity index (χ0n) is 40.4. The van der Waals surface area contributed by atoms with Gasteiger partial charge in [0, 0.05) is 22.7 Å². The molecule has 0 fully saturated rings. The molecule has 5 aromatic rings. The average Bonchev–Trinajstić information content (AvgIpc) is 3.33. The number of hydrogen-bond donors (Lipinski definition) is 0. The number of aryl methyl sites for hydroxylation is 4. The highest BCUT2D eigenvalue weighted by molar-refractivity contribution is 5.88. The van der Waals surface area contributed by atoms with Gasteiger partial charge in [-0.2, -0.15) is 0 Å². The van der Waals surface area contributed by atoms with Crippen LogP contribution in [0.15, 0.2) is 176 Å². The van der Waals surface area contributed by atoms with E-state index in [1.165, 1.54) is 68.6 Å². The minimum absolute atomic E-state index is 0.00824. The highest BCUT2D eigenvalue weighted by Crippen LogP contribution is 2.53. The van der Waals surface area contributed by atoms with Crippen molar-refractivity contribution >= 4 is 16.8 Å². The van der Waals surface area contributed by atoms with Gasteiger partial charge >= 0.3 is 0 Å². The summed E-state index contributed by atoms with van der Waals surface area (Å²) in [7, 11) is 0. The van der Waals surface area contributed by atoms with Gasteiger partial charge in [0.2, 0.25) is 0 Å². The van der Waals surface area contributed by atoms with Crippen molar-refractivity contribution in [2.45, 2.75) is 143 Å². The minimum atomic E-state index is -0.501. The molecule has 332 valence electrons. The van der Waals surface area contributed by atoms with Gasteiger partial charge in [-0.25, -0.2) is 0 Å². The molecule has 5 aromatic carbocycles. The molecule has 1 heteroatoms. The molecule has 0 aromatic heterocycles. The van der Waals surface area contributed by atoms with Crippen LogP contribution in [-0.2, 0) is 37.5 Å². The predicted molar refractivity (Wildman–Crippen MR) is 279 cm³/mol. The lowest BCUT2D eigenvalue weighted by Crippen LogP contribution is -2.59. The summed E-state index contributed by atoms with van der Waals surface area (Å²) in [5, 5.41) is 0. The Morgan fingerprint density at radius 1 is 0.688 bits per heavy atom. The molecule has 0 aliphatic heterocycles. The summed E-state index contributed by atoms with van der Waals surface area (Å²) < 4.78 is 0. The van der Waals surface area contributed by atoms with E-state index in [1.807, 2.05) is 0 Å². The molecule has 2 aliphatic carbocycles. The molecular weight excluding hydrogens is 771 g/mol.